The highest BCUT2D eigenvalue weighted by Crippen LogP contribution is 2.18. The van der Waals surface area contributed by atoms with E-state index in [0.29, 0.717) is 18.7 Å². The van der Waals surface area contributed by atoms with Crippen molar-refractivity contribution in [2.24, 2.45) is 11.7 Å². The Kier molecular flexibility index (Phi) is 13.6. The Morgan fingerprint density at radius 3 is 2.02 bits per heavy atom. The fourth-order valence-corrected chi connectivity index (χ4v) is 4.35. The smallest absolute Gasteiger partial charge is 0.247 e. The first-order valence-corrected chi connectivity index (χ1v) is 14.4. The quantitative estimate of drug-likeness (QED) is 0.177. The number of nitrogens with two attached hydrogens (primary N) is 1. The SMILES string of the molecule is CCNC(=O)C(CC(C)C)NC(=O)C(C)N(C(=O)CNC(=O)C(C)NC(=O)C(N)Cc1ccc(O)cc1)c1ccccc1. The van der Waals surface area contributed by atoms with Crippen LogP contribution in [0.3, 0.4) is 0 Å². The van der Waals surface area contributed by atoms with Crippen molar-refractivity contribution in [2.45, 2.75) is 71.6 Å². The van der Waals surface area contributed by atoms with Crippen molar-refractivity contribution >= 4 is 35.2 Å². The van der Waals surface area contributed by atoms with Crippen molar-refractivity contribution in [3.63, 3.8) is 0 Å². The van der Waals surface area contributed by atoms with Gasteiger partial charge in [-0.3, -0.25) is 28.9 Å². The van der Waals surface area contributed by atoms with Gasteiger partial charge in [-0.25, -0.2) is 0 Å². The molecule has 0 saturated heterocycles. The molecule has 43 heavy (non-hydrogen) atoms. The van der Waals surface area contributed by atoms with E-state index in [1.165, 1.54) is 24.0 Å². The fourth-order valence-electron chi connectivity index (χ4n) is 4.35. The normalized spacial score (nSPS) is 13.7. The molecule has 0 radical (unpaired) electrons. The predicted octanol–water partition coefficient (Wildman–Crippen LogP) is 0.972. The van der Waals surface area contributed by atoms with Gasteiger partial charge in [0, 0.05) is 12.2 Å². The Morgan fingerprint density at radius 1 is 0.814 bits per heavy atom. The molecule has 0 aliphatic heterocycles. The largest absolute Gasteiger partial charge is 0.508 e. The van der Waals surface area contributed by atoms with Crippen LogP contribution in [0, 0.1) is 5.92 Å². The van der Waals surface area contributed by atoms with Gasteiger partial charge in [-0.15, -0.1) is 0 Å². The van der Waals surface area contributed by atoms with Gasteiger partial charge in [-0.05, 0) is 69.4 Å². The van der Waals surface area contributed by atoms with Crippen LogP contribution >= 0.6 is 0 Å². The zero-order valence-electron chi connectivity index (χ0n) is 25.4. The Morgan fingerprint density at radius 2 is 1.44 bits per heavy atom. The van der Waals surface area contributed by atoms with Crippen LogP contribution in [-0.4, -0.2) is 71.9 Å². The topological polar surface area (TPSA) is 183 Å². The lowest BCUT2D eigenvalue weighted by Gasteiger charge is -2.30. The molecule has 0 aliphatic carbocycles. The van der Waals surface area contributed by atoms with Crippen molar-refractivity contribution in [3.8, 4) is 5.75 Å². The van der Waals surface area contributed by atoms with Crippen LogP contribution in [0.2, 0.25) is 0 Å². The average Bonchev–Trinajstić information content (AvgIpc) is 2.97. The van der Waals surface area contributed by atoms with Gasteiger partial charge >= 0.3 is 0 Å². The highest BCUT2D eigenvalue weighted by Gasteiger charge is 2.31. The van der Waals surface area contributed by atoms with Crippen LogP contribution < -0.4 is 31.9 Å². The third-order valence-corrected chi connectivity index (χ3v) is 6.66. The number of rotatable bonds is 15. The first-order chi connectivity index (χ1) is 20.3. The summed E-state index contributed by atoms with van der Waals surface area (Å²) in [5.41, 5.74) is 7.16. The number of carbonyl (C=O) groups is 5. The number of benzene rings is 2. The maximum Gasteiger partial charge on any atom is 0.247 e. The van der Waals surface area contributed by atoms with Gasteiger partial charge in [-0.1, -0.05) is 44.2 Å². The number of nitrogens with one attached hydrogen (secondary N) is 4. The number of likely N-dealkylation sites (N-methyl/N-ethyl adjacent to an activating group) is 1. The lowest BCUT2D eigenvalue weighted by atomic mass is 10.0. The summed E-state index contributed by atoms with van der Waals surface area (Å²) in [6.07, 6.45) is 0.616. The van der Waals surface area contributed by atoms with Crippen molar-refractivity contribution < 1.29 is 29.1 Å². The molecule has 0 aliphatic rings. The summed E-state index contributed by atoms with van der Waals surface area (Å²) < 4.78 is 0. The molecule has 2 aromatic rings. The van der Waals surface area contributed by atoms with E-state index in [0.717, 1.165) is 5.56 Å². The van der Waals surface area contributed by atoms with Crippen molar-refractivity contribution in [3.05, 3.63) is 60.2 Å². The Bertz CT molecular complexity index is 1240. The van der Waals surface area contributed by atoms with Crippen molar-refractivity contribution in [2.75, 3.05) is 18.0 Å². The third-order valence-electron chi connectivity index (χ3n) is 6.66. The van der Waals surface area contributed by atoms with E-state index in [9.17, 15) is 29.1 Å². The van der Waals surface area contributed by atoms with Crippen molar-refractivity contribution in [1.29, 1.82) is 0 Å². The van der Waals surface area contributed by atoms with Crippen LogP contribution in [0.4, 0.5) is 5.69 Å². The molecule has 2 rings (SSSR count). The monoisotopic (exact) mass is 596 g/mol. The lowest BCUT2D eigenvalue weighted by Crippen LogP contribution is -2.56. The van der Waals surface area contributed by atoms with E-state index in [1.54, 1.807) is 56.3 Å². The number of phenols is 1. The molecule has 234 valence electrons. The Balaban J connectivity index is 2.06. The predicted molar refractivity (Wildman–Crippen MR) is 164 cm³/mol. The molecular weight excluding hydrogens is 552 g/mol. The average molecular weight is 597 g/mol. The van der Waals surface area contributed by atoms with E-state index in [4.69, 9.17) is 5.73 Å². The summed E-state index contributed by atoms with van der Waals surface area (Å²) in [7, 11) is 0. The standard InChI is InChI=1S/C31H44N6O6/c1-6-33-31(43)26(16-19(2)3)36-29(41)21(5)37(23-10-8-7-9-11-23)27(39)18-34-28(40)20(4)35-30(42)25(32)17-22-12-14-24(38)15-13-22/h7-15,19-21,25-26,38H,6,16-18,32H2,1-5H3,(H,33,43)(H,34,40)(H,35,42)(H,36,41). The molecule has 0 aromatic heterocycles. The third kappa shape index (κ3) is 11.0. The number of para-hydroxylation sites is 1. The zero-order chi connectivity index (χ0) is 32.1. The maximum atomic E-state index is 13.4. The zero-order valence-corrected chi connectivity index (χ0v) is 25.4. The molecule has 2 aromatic carbocycles. The molecule has 0 spiro atoms. The lowest BCUT2D eigenvalue weighted by molar-refractivity contribution is -0.131. The summed E-state index contributed by atoms with van der Waals surface area (Å²) >= 11 is 0. The van der Waals surface area contributed by atoms with Crippen LogP contribution in [0.25, 0.3) is 0 Å². The molecule has 4 atom stereocenters. The molecule has 12 nitrogen and oxygen atoms in total. The van der Waals surface area contributed by atoms with E-state index in [2.05, 4.69) is 21.3 Å². The minimum absolute atomic E-state index is 0.0946. The Hall–Kier alpha value is -4.45. The minimum Gasteiger partial charge on any atom is -0.508 e. The van der Waals surface area contributed by atoms with E-state index in [1.807, 2.05) is 13.8 Å². The van der Waals surface area contributed by atoms with Crippen LogP contribution in [0.5, 0.6) is 5.75 Å². The molecule has 5 amide bonds. The summed E-state index contributed by atoms with van der Waals surface area (Å²) in [4.78, 5) is 65.8. The Labute approximate surface area is 252 Å². The van der Waals surface area contributed by atoms with Gasteiger partial charge in [0.05, 0.1) is 12.6 Å². The van der Waals surface area contributed by atoms with Gasteiger partial charge in [0.15, 0.2) is 0 Å². The van der Waals surface area contributed by atoms with E-state index < -0.39 is 54.3 Å². The highest BCUT2D eigenvalue weighted by molar-refractivity contribution is 6.03. The first-order valence-electron chi connectivity index (χ1n) is 14.4. The molecule has 7 N–H and O–H groups in total. The molecule has 0 saturated carbocycles. The van der Waals surface area contributed by atoms with Crippen LogP contribution in [-0.2, 0) is 30.4 Å². The molecular formula is C31H44N6O6. The summed E-state index contributed by atoms with van der Waals surface area (Å²) in [5.74, 6) is -2.34. The number of phenolic OH excluding ortho intramolecular Hbond substituents is 1. The second kappa shape index (κ2) is 16.9. The number of hydrogen-bond donors (Lipinski definition) is 6. The summed E-state index contributed by atoms with van der Waals surface area (Å²) in [6.45, 7) is 8.65. The van der Waals surface area contributed by atoms with Gasteiger partial charge in [0.25, 0.3) is 0 Å². The van der Waals surface area contributed by atoms with E-state index in [-0.39, 0.29) is 24.0 Å². The van der Waals surface area contributed by atoms with Gasteiger partial charge in [0.2, 0.25) is 29.5 Å². The fraction of sp³-hybridized carbons (Fsp3) is 0.452. The van der Waals surface area contributed by atoms with Crippen LogP contribution in [0.15, 0.2) is 54.6 Å². The minimum atomic E-state index is -1.01. The van der Waals surface area contributed by atoms with E-state index >= 15 is 0 Å². The van der Waals surface area contributed by atoms with Gasteiger partial charge in [0.1, 0.15) is 23.9 Å². The molecule has 0 fully saturated rings. The number of carbonyl (C=O) groups excluding carboxylic acids is 5. The second-order valence-electron chi connectivity index (χ2n) is 10.8. The molecule has 12 heteroatoms. The molecule has 0 heterocycles. The summed E-state index contributed by atoms with van der Waals surface area (Å²) in [5, 5.41) is 20.0. The molecule has 0 bridgehead atoms. The molecule has 4 unspecified atom stereocenters. The van der Waals surface area contributed by atoms with Gasteiger partial charge in [-0.2, -0.15) is 0 Å². The summed E-state index contributed by atoms with van der Waals surface area (Å²) in [6, 6.07) is 11.1. The first kappa shape index (κ1) is 34.7. The number of amides is 5. The number of nitrogens with zero attached hydrogens (tertiary/aromatic N) is 1. The highest BCUT2D eigenvalue weighted by atomic mass is 16.3. The maximum absolute atomic E-state index is 13.4. The number of aromatic hydroxyl groups is 1. The van der Waals surface area contributed by atoms with Crippen molar-refractivity contribution in [1.82, 2.24) is 21.3 Å². The van der Waals surface area contributed by atoms with Crippen LogP contribution in [0.1, 0.15) is 46.6 Å². The number of hydrogen-bond acceptors (Lipinski definition) is 7. The number of anilines is 1. The second-order valence-corrected chi connectivity index (χ2v) is 10.8. The van der Waals surface area contributed by atoms with Gasteiger partial charge < -0.3 is 32.1 Å².